The molecule has 1 aliphatic rings. The summed E-state index contributed by atoms with van der Waals surface area (Å²) >= 11 is 6.27. The van der Waals surface area contributed by atoms with Gasteiger partial charge >= 0.3 is 12.0 Å². The highest BCUT2D eigenvalue weighted by atomic mass is 79.9. The average Bonchev–Trinajstić information content (AvgIpc) is 2.55. The molecule has 0 bridgehead atoms. The molecule has 130 valence electrons. The standard InChI is InChI=1S/C15H16Br2N2O5/c1-3-8-9(14(22)24-4-2)11(19-15(23)18-8)6-5-7(16)13(21)10(17)12(6)20/h5,11,20-21H,3-4H2,1-2H3,(H2,18,19,23). The Labute approximate surface area is 155 Å². The lowest BCUT2D eigenvalue weighted by Crippen LogP contribution is -2.45. The Morgan fingerprint density at radius 1 is 1.29 bits per heavy atom. The van der Waals surface area contributed by atoms with Crippen molar-refractivity contribution in [2.24, 2.45) is 0 Å². The Kier molecular flexibility index (Phi) is 5.76. The normalized spacial score (nSPS) is 17.3. The second-order valence-corrected chi connectivity index (χ2v) is 6.60. The molecule has 4 N–H and O–H groups in total. The molecule has 1 aliphatic heterocycles. The number of allylic oxidation sites excluding steroid dienone is 1. The van der Waals surface area contributed by atoms with Crippen LogP contribution in [0.1, 0.15) is 31.9 Å². The summed E-state index contributed by atoms with van der Waals surface area (Å²) in [4.78, 5) is 24.3. The van der Waals surface area contributed by atoms with Crippen molar-refractivity contribution in [2.45, 2.75) is 26.3 Å². The van der Waals surface area contributed by atoms with Gasteiger partial charge in [-0.15, -0.1) is 0 Å². The first-order valence-corrected chi connectivity index (χ1v) is 8.77. The minimum atomic E-state index is -0.916. The number of benzene rings is 1. The van der Waals surface area contributed by atoms with E-state index < -0.39 is 18.0 Å². The molecule has 0 radical (unpaired) electrons. The van der Waals surface area contributed by atoms with Gasteiger partial charge in [0.05, 0.1) is 22.7 Å². The van der Waals surface area contributed by atoms with Gasteiger partial charge in [0, 0.05) is 11.3 Å². The lowest BCUT2D eigenvalue weighted by molar-refractivity contribution is -0.139. The molecule has 0 fully saturated rings. The first kappa shape index (κ1) is 18.6. The third-order valence-electron chi connectivity index (χ3n) is 3.51. The fourth-order valence-electron chi connectivity index (χ4n) is 2.42. The molecule has 0 saturated heterocycles. The van der Waals surface area contributed by atoms with Gasteiger partial charge in [0.25, 0.3) is 0 Å². The Morgan fingerprint density at radius 2 is 1.96 bits per heavy atom. The summed E-state index contributed by atoms with van der Waals surface area (Å²) in [6.45, 7) is 3.65. The van der Waals surface area contributed by atoms with Crippen molar-refractivity contribution < 1.29 is 24.5 Å². The zero-order valence-corrected chi connectivity index (χ0v) is 16.1. The fourth-order valence-corrected chi connectivity index (χ4v) is 3.57. The quantitative estimate of drug-likeness (QED) is 0.513. The van der Waals surface area contributed by atoms with Gasteiger partial charge in [0.15, 0.2) is 0 Å². The Hall–Kier alpha value is -1.74. The van der Waals surface area contributed by atoms with Crippen molar-refractivity contribution in [3.8, 4) is 11.5 Å². The first-order valence-electron chi connectivity index (χ1n) is 7.19. The predicted octanol–water partition coefficient (Wildman–Crippen LogP) is 3.20. The van der Waals surface area contributed by atoms with E-state index in [0.717, 1.165) is 0 Å². The number of carbonyl (C=O) groups excluding carboxylic acids is 2. The molecule has 2 amide bonds. The summed E-state index contributed by atoms with van der Waals surface area (Å²) in [5, 5.41) is 25.4. The number of aromatic hydroxyl groups is 2. The summed E-state index contributed by atoms with van der Waals surface area (Å²) in [6, 6.07) is 0.0311. The molecular weight excluding hydrogens is 448 g/mol. The second-order valence-electron chi connectivity index (χ2n) is 4.96. The van der Waals surface area contributed by atoms with E-state index in [2.05, 4.69) is 42.5 Å². The topological polar surface area (TPSA) is 108 Å². The van der Waals surface area contributed by atoms with Crippen LogP contribution in [0.2, 0.25) is 0 Å². The summed E-state index contributed by atoms with van der Waals surface area (Å²) < 4.78 is 5.44. The molecule has 24 heavy (non-hydrogen) atoms. The number of ether oxygens (including phenoxy) is 1. The van der Waals surface area contributed by atoms with Crippen LogP contribution in [-0.2, 0) is 9.53 Å². The molecule has 1 unspecified atom stereocenters. The largest absolute Gasteiger partial charge is 0.506 e. The van der Waals surface area contributed by atoms with Gasteiger partial charge < -0.3 is 25.6 Å². The third kappa shape index (κ3) is 3.36. The van der Waals surface area contributed by atoms with Gasteiger partial charge in [0.2, 0.25) is 0 Å². The lowest BCUT2D eigenvalue weighted by Gasteiger charge is -2.29. The molecule has 2 rings (SSSR count). The van der Waals surface area contributed by atoms with Crippen molar-refractivity contribution >= 4 is 43.9 Å². The van der Waals surface area contributed by atoms with Gasteiger partial charge in [0.1, 0.15) is 16.0 Å². The van der Waals surface area contributed by atoms with Crippen LogP contribution in [0.15, 0.2) is 26.3 Å². The van der Waals surface area contributed by atoms with Gasteiger partial charge in [-0.3, -0.25) is 0 Å². The van der Waals surface area contributed by atoms with Crippen LogP contribution >= 0.6 is 31.9 Å². The maximum absolute atomic E-state index is 12.4. The zero-order valence-electron chi connectivity index (χ0n) is 12.9. The minimum Gasteiger partial charge on any atom is -0.506 e. The second kappa shape index (κ2) is 7.43. The number of nitrogens with one attached hydrogen (secondary N) is 2. The van der Waals surface area contributed by atoms with Crippen LogP contribution in [0.5, 0.6) is 11.5 Å². The maximum Gasteiger partial charge on any atom is 0.338 e. The van der Waals surface area contributed by atoms with Gasteiger partial charge in [-0.2, -0.15) is 0 Å². The Morgan fingerprint density at radius 3 is 2.54 bits per heavy atom. The van der Waals surface area contributed by atoms with E-state index in [-0.39, 0.29) is 33.7 Å². The van der Waals surface area contributed by atoms with Gasteiger partial charge in [-0.05, 0) is 51.3 Å². The van der Waals surface area contributed by atoms with E-state index in [1.165, 1.54) is 6.07 Å². The van der Waals surface area contributed by atoms with Crippen molar-refractivity contribution in [3.05, 3.63) is 31.8 Å². The lowest BCUT2D eigenvalue weighted by atomic mass is 9.93. The number of urea groups is 1. The number of hydrogen-bond donors (Lipinski definition) is 4. The van der Waals surface area contributed by atoms with Crippen LogP contribution in [0.3, 0.4) is 0 Å². The number of esters is 1. The molecule has 0 spiro atoms. The summed E-state index contributed by atoms with van der Waals surface area (Å²) in [6.07, 6.45) is 0.402. The molecule has 1 aromatic rings. The number of hydrogen-bond acceptors (Lipinski definition) is 5. The van der Waals surface area contributed by atoms with Crippen LogP contribution in [0.4, 0.5) is 4.79 Å². The maximum atomic E-state index is 12.4. The number of halogens is 2. The van der Waals surface area contributed by atoms with Crippen LogP contribution in [0.25, 0.3) is 0 Å². The van der Waals surface area contributed by atoms with E-state index in [9.17, 15) is 19.8 Å². The molecule has 0 aromatic heterocycles. The minimum absolute atomic E-state index is 0.0564. The summed E-state index contributed by atoms with van der Waals surface area (Å²) in [7, 11) is 0. The number of phenols is 2. The summed E-state index contributed by atoms with van der Waals surface area (Å²) in [5.41, 5.74) is 0.871. The predicted molar refractivity (Wildman–Crippen MR) is 93.5 cm³/mol. The Bertz CT molecular complexity index is 733. The zero-order chi connectivity index (χ0) is 18.0. The van der Waals surface area contributed by atoms with Crippen molar-refractivity contribution in [1.82, 2.24) is 10.6 Å². The molecule has 7 nitrogen and oxygen atoms in total. The van der Waals surface area contributed by atoms with E-state index in [1.54, 1.807) is 13.8 Å². The van der Waals surface area contributed by atoms with Crippen LogP contribution in [0, 0.1) is 0 Å². The molecule has 1 atom stereocenters. The van der Waals surface area contributed by atoms with Crippen molar-refractivity contribution in [1.29, 1.82) is 0 Å². The third-order valence-corrected chi connectivity index (χ3v) is 4.87. The van der Waals surface area contributed by atoms with E-state index in [1.807, 2.05) is 0 Å². The SMILES string of the molecule is CCOC(=O)C1=C(CC)NC(=O)NC1c1cc(Br)c(O)c(Br)c1O. The van der Waals surface area contributed by atoms with Crippen molar-refractivity contribution in [2.75, 3.05) is 6.61 Å². The smallest absolute Gasteiger partial charge is 0.338 e. The van der Waals surface area contributed by atoms with E-state index in [4.69, 9.17) is 4.74 Å². The molecule has 9 heteroatoms. The van der Waals surface area contributed by atoms with Crippen molar-refractivity contribution in [3.63, 3.8) is 0 Å². The highest BCUT2D eigenvalue weighted by Crippen LogP contribution is 2.45. The molecular formula is C15H16Br2N2O5. The highest BCUT2D eigenvalue weighted by Gasteiger charge is 2.35. The van der Waals surface area contributed by atoms with Crippen LogP contribution in [-0.4, -0.2) is 28.8 Å². The Balaban J connectivity index is 2.65. The van der Waals surface area contributed by atoms with Gasteiger partial charge in [-0.25, -0.2) is 9.59 Å². The summed E-state index contributed by atoms with van der Waals surface area (Å²) in [5.74, 6) is -1.05. The number of amides is 2. The monoisotopic (exact) mass is 462 g/mol. The highest BCUT2D eigenvalue weighted by molar-refractivity contribution is 9.11. The number of phenolic OH excluding ortho intramolecular Hbond substituents is 2. The molecule has 1 heterocycles. The molecule has 0 aliphatic carbocycles. The van der Waals surface area contributed by atoms with E-state index in [0.29, 0.717) is 16.6 Å². The average molecular weight is 464 g/mol. The van der Waals surface area contributed by atoms with Crippen LogP contribution < -0.4 is 10.6 Å². The number of rotatable bonds is 4. The first-order chi connectivity index (χ1) is 11.3. The van der Waals surface area contributed by atoms with E-state index >= 15 is 0 Å². The molecule has 1 aromatic carbocycles. The number of carbonyl (C=O) groups is 2. The van der Waals surface area contributed by atoms with Gasteiger partial charge in [-0.1, -0.05) is 6.92 Å². The fraction of sp³-hybridized carbons (Fsp3) is 0.333. The molecule has 0 saturated carbocycles.